The Balaban J connectivity index is 0.00000264. The highest BCUT2D eigenvalue weighted by atomic mass is 35.5. The van der Waals surface area contributed by atoms with E-state index in [1.807, 2.05) is 0 Å². The van der Waals surface area contributed by atoms with Crippen molar-refractivity contribution in [1.29, 1.82) is 0 Å². The Morgan fingerprint density at radius 3 is 1.65 bits per heavy atom. The van der Waals surface area contributed by atoms with Crippen molar-refractivity contribution in [2.75, 3.05) is 13.2 Å². The molecule has 0 aliphatic heterocycles. The van der Waals surface area contributed by atoms with E-state index in [2.05, 4.69) is 81.4 Å². The summed E-state index contributed by atoms with van der Waals surface area (Å²) in [5.41, 5.74) is 5.68. The molecule has 0 saturated heterocycles. The van der Waals surface area contributed by atoms with Crippen LogP contribution in [0.4, 0.5) is 0 Å². The van der Waals surface area contributed by atoms with E-state index in [-0.39, 0.29) is 17.4 Å². The Hall–Kier alpha value is -1.13. The highest BCUT2D eigenvalue weighted by Gasteiger charge is 2.49. The molecule has 4 heteroatoms. The number of hydrogen-bond donors (Lipinski definition) is 1. The summed E-state index contributed by atoms with van der Waals surface area (Å²) in [7, 11) is -2.34. The van der Waals surface area contributed by atoms with Gasteiger partial charge in [-0.05, 0) is 28.4 Å². The van der Waals surface area contributed by atoms with Crippen molar-refractivity contribution in [2.24, 2.45) is 5.73 Å². The molecule has 0 atom stereocenters. The van der Waals surface area contributed by atoms with Gasteiger partial charge in [0.2, 0.25) is 0 Å². The maximum Gasteiger partial charge on any atom is 0.261 e. The monoisotopic (exact) mass is 349 g/mol. The van der Waals surface area contributed by atoms with E-state index in [4.69, 9.17) is 10.2 Å². The summed E-state index contributed by atoms with van der Waals surface area (Å²) < 4.78 is 6.67. The van der Waals surface area contributed by atoms with E-state index in [1.165, 1.54) is 10.4 Å². The van der Waals surface area contributed by atoms with Crippen LogP contribution in [0.25, 0.3) is 0 Å². The summed E-state index contributed by atoms with van der Waals surface area (Å²) >= 11 is 0. The average Bonchev–Trinajstić information content (AvgIpc) is 2.52. The van der Waals surface area contributed by atoms with E-state index >= 15 is 0 Å². The van der Waals surface area contributed by atoms with E-state index in [1.54, 1.807) is 0 Å². The molecule has 0 fully saturated rings. The van der Waals surface area contributed by atoms with Crippen LogP contribution in [0.1, 0.15) is 27.2 Å². The summed E-state index contributed by atoms with van der Waals surface area (Å²) in [5.74, 6) is 0. The zero-order valence-electron chi connectivity index (χ0n) is 14.3. The molecule has 2 aromatic carbocycles. The molecular weight excluding hydrogens is 322 g/mol. The fraction of sp³-hybridized carbons (Fsp3) is 0.368. The molecular formula is C19H28ClNOSi. The first kappa shape index (κ1) is 19.9. The Bertz CT molecular complexity index is 529. The van der Waals surface area contributed by atoms with Gasteiger partial charge < -0.3 is 10.2 Å². The minimum Gasteiger partial charge on any atom is -0.407 e. The predicted molar refractivity (Wildman–Crippen MR) is 104 cm³/mol. The lowest BCUT2D eigenvalue weighted by Crippen LogP contribution is -2.66. The average molecular weight is 350 g/mol. The smallest absolute Gasteiger partial charge is 0.261 e. The summed E-state index contributed by atoms with van der Waals surface area (Å²) in [6.45, 7) is 8.26. The van der Waals surface area contributed by atoms with Crippen molar-refractivity contribution < 1.29 is 4.43 Å². The second-order valence-corrected chi connectivity index (χ2v) is 11.0. The Labute approximate surface area is 147 Å². The van der Waals surface area contributed by atoms with Gasteiger partial charge in [0.05, 0.1) is 0 Å². The maximum absolute atomic E-state index is 6.67. The van der Waals surface area contributed by atoms with Crippen LogP contribution in [0, 0.1) is 0 Å². The SMILES string of the molecule is CC(C)(C)[Si](OCCCN)(c1ccccc1)c1ccccc1.Cl. The van der Waals surface area contributed by atoms with Gasteiger partial charge in [-0.2, -0.15) is 0 Å². The molecule has 23 heavy (non-hydrogen) atoms. The van der Waals surface area contributed by atoms with E-state index in [0.717, 1.165) is 6.42 Å². The van der Waals surface area contributed by atoms with Crippen LogP contribution in [0.2, 0.25) is 5.04 Å². The van der Waals surface area contributed by atoms with Crippen LogP contribution in [-0.4, -0.2) is 21.5 Å². The largest absolute Gasteiger partial charge is 0.407 e. The maximum atomic E-state index is 6.67. The van der Waals surface area contributed by atoms with Crippen molar-refractivity contribution in [2.45, 2.75) is 32.2 Å². The zero-order valence-corrected chi connectivity index (χ0v) is 16.1. The third kappa shape index (κ3) is 4.24. The van der Waals surface area contributed by atoms with Gasteiger partial charge in [-0.1, -0.05) is 81.4 Å². The van der Waals surface area contributed by atoms with Gasteiger partial charge in [0.1, 0.15) is 0 Å². The zero-order chi connectivity index (χ0) is 16.1. The molecule has 126 valence electrons. The number of benzene rings is 2. The van der Waals surface area contributed by atoms with Gasteiger partial charge in [-0.15, -0.1) is 12.4 Å². The summed E-state index contributed by atoms with van der Waals surface area (Å²) in [4.78, 5) is 0. The quantitative estimate of drug-likeness (QED) is 0.641. The van der Waals surface area contributed by atoms with Crippen molar-refractivity contribution in [1.82, 2.24) is 0 Å². The van der Waals surface area contributed by atoms with Crippen LogP contribution in [-0.2, 0) is 4.43 Å². The van der Waals surface area contributed by atoms with E-state index in [0.29, 0.717) is 13.2 Å². The van der Waals surface area contributed by atoms with E-state index < -0.39 is 8.32 Å². The molecule has 2 N–H and O–H groups in total. The van der Waals surface area contributed by atoms with Crippen LogP contribution in [0.15, 0.2) is 60.7 Å². The van der Waals surface area contributed by atoms with Gasteiger partial charge in [-0.25, -0.2) is 0 Å². The van der Waals surface area contributed by atoms with Crippen LogP contribution in [0.3, 0.4) is 0 Å². The topological polar surface area (TPSA) is 35.2 Å². The summed E-state index contributed by atoms with van der Waals surface area (Å²) in [5, 5.41) is 2.70. The molecule has 0 heterocycles. The van der Waals surface area contributed by atoms with Gasteiger partial charge in [-0.3, -0.25) is 0 Å². The van der Waals surface area contributed by atoms with Crippen LogP contribution < -0.4 is 16.1 Å². The molecule has 0 unspecified atom stereocenters. The molecule has 0 aromatic heterocycles. The van der Waals surface area contributed by atoms with Gasteiger partial charge in [0, 0.05) is 6.61 Å². The molecule has 0 aliphatic rings. The van der Waals surface area contributed by atoms with Crippen molar-refractivity contribution in [3.63, 3.8) is 0 Å². The molecule has 0 bridgehead atoms. The minimum absolute atomic E-state index is 0. The third-order valence-corrected chi connectivity index (χ3v) is 9.13. The normalized spacial score (nSPS) is 11.8. The lowest BCUT2D eigenvalue weighted by molar-refractivity contribution is 0.294. The van der Waals surface area contributed by atoms with Crippen LogP contribution >= 0.6 is 12.4 Å². The lowest BCUT2D eigenvalue weighted by atomic mass is 10.2. The molecule has 0 spiro atoms. The summed E-state index contributed by atoms with van der Waals surface area (Å²) in [6, 6.07) is 21.4. The molecule has 0 amide bonds. The number of rotatable bonds is 6. The Morgan fingerprint density at radius 1 is 0.870 bits per heavy atom. The molecule has 2 rings (SSSR count). The number of halogens is 1. The second-order valence-electron chi connectivity index (χ2n) is 6.65. The standard InChI is InChI=1S/C19H27NOSi.ClH/c1-19(2,3)22(21-16-10-15-20,17-11-6-4-7-12-17)18-13-8-5-9-14-18;/h4-9,11-14H,10,15-16,20H2,1-3H3;1H. The third-order valence-electron chi connectivity index (χ3n) is 4.08. The van der Waals surface area contributed by atoms with Gasteiger partial charge in [0.25, 0.3) is 8.32 Å². The Morgan fingerprint density at radius 2 is 1.30 bits per heavy atom. The first-order valence-corrected chi connectivity index (χ1v) is 9.88. The molecule has 2 nitrogen and oxygen atoms in total. The lowest BCUT2D eigenvalue weighted by Gasteiger charge is -2.43. The molecule has 2 aromatic rings. The highest BCUT2D eigenvalue weighted by molar-refractivity contribution is 6.99. The molecule has 0 aliphatic carbocycles. The van der Waals surface area contributed by atoms with Crippen molar-refractivity contribution in [3.05, 3.63) is 60.7 Å². The molecule has 0 radical (unpaired) electrons. The predicted octanol–water partition coefficient (Wildman–Crippen LogP) is 3.33. The first-order valence-electron chi connectivity index (χ1n) is 7.97. The Kier molecular flexibility index (Phi) is 7.48. The van der Waals surface area contributed by atoms with E-state index in [9.17, 15) is 0 Å². The number of hydrogen-bond acceptors (Lipinski definition) is 2. The van der Waals surface area contributed by atoms with Crippen molar-refractivity contribution >= 4 is 31.1 Å². The highest BCUT2D eigenvalue weighted by Crippen LogP contribution is 2.36. The molecule has 0 saturated carbocycles. The van der Waals surface area contributed by atoms with Gasteiger partial charge in [0.15, 0.2) is 0 Å². The van der Waals surface area contributed by atoms with Gasteiger partial charge >= 0.3 is 0 Å². The fourth-order valence-corrected chi connectivity index (χ4v) is 7.68. The minimum atomic E-state index is -2.34. The fourth-order valence-electron chi connectivity index (χ4n) is 3.07. The number of nitrogens with two attached hydrogens (primary N) is 1. The van der Waals surface area contributed by atoms with Crippen LogP contribution in [0.5, 0.6) is 0 Å². The van der Waals surface area contributed by atoms with Crippen molar-refractivity contribution in [3.8, 4) is 0 Å². The first-order chi connectivity index (χ1) is 10.5. The summed E-state index contributed by atoms with van der Waals surface area (Å²) in [6.07, 6.45) is 0.893. The second kappa shape index (κ2) is 8.64.